The lowest BCUT2D eigenvalue weighted by Gasteiger charge is -2.36. The minimum Gasteiger partial charge on any atom is -0.277 e. The monoisotopic (exact) mass is 343 g/mol. The van der Waals surface area contributed by atoms with E-state index in [0.29, 0.717) is 9.88 Å². The van der Waals surface area contributed by atoms with Gasteiger partial charge in [-0.15, -0.1) is 0 Å². The Labute approximate surface area is 131 Å². The maximum absolute atomic E-state index is 12.4. The molecule has 10 heteroatoms. The van der Waals surface area contributed by atoms with Gasteiger partial charge in [0.25, 0.3) is 11.6 Å². The molecule has 0 aromatic heterocycles. The number of amides is 1. The van der Waals surface area contributed by atoms with E-state index >= 15 is 0 Å². The van der Waals surface area contributed by atoms with Crippen LogP contribution in [0, 0.1) is 21.4 Å². The second kappa shape index (κ2) is 5.58. The zero-order chi connectivity index (χ0) is 16.7. The molecule has 1 aliphatic rings. The first-order valence-electron chi connectivity index (χ1n) is 5.84. The van der Waals surface area contributed by atoms with Crippen molar-refractivity contribution in [3.8, 4) is 6.07 Å². The molecular weight excluding hydrogens is 334 g/mol. The van der Waals surface area contributed by atoms with Crippen LogP contribution in [0.25, 0.3) is 0 Å². The zero-order valence-corrected chi connectivity index (χ0v) is 12.8. The van der Waals surface area contributed by atoms with Crippen LogP contribution in [0.5, 0.6) is 0 Å². The van der Waals surface area contributed by atoms with Crippen molar-refractivity contribution < 1.29 is 18.8 Å². The maximum Gasteiger partial charge on any atom is 0.295 e. The number of fused-ring (bicyclic) bond motifs is 1. The molecule has 0 unspecified atom stereocenters. The molecular formula is C12H10ClN3O5S. The van der Waals surface area contributed by atoms with E-state index in [1.165, 1.54) is 6.92 Å². The summed E-state index contributed by atoms with van der Waals surface area (Å²) in [6, 6.07) is 3.94. The molecule has 0 saturated carbocycles. The number of carbonyl (C=O) groups is 1. The zero-order valence-electron chi connectivity index (χ0n) is 11.2. The van der Waals surface area contributed by atoms with Crippen LogP contribution < -0.4 is 0 Å². The van der Waals surface area contributed by atoms with E-state index in [1.807, 2.05) is 0 Å². The largest absolute Gasteiger partial charge is 0.295 e. The molecule has 0 spiro atoms. The van der Waals surface area contributed by atoms with Crippen molar-refractivity contribution in [2.75, 3.05) is 6.54 Å². The normalized spacial score (nSPS) is 17.9. The summed E-state index contributed by atoms with van der Waals surface area (Å²) in [4.78, 5) is 22.1. The molecule has 0 aliphatic carbocycles. The molecule has 0 radical (unpaired) electrons. The van der Waals surface area contributed by atoms with Gasteiger partial charge in [-0.25, -0.2) is 4.31 Å². The summed E-state index contributed by atoms with van der Waals surface area (Å²) in [5, 5.41) is 19.5. The fraction of sp³-hybridized carbons (Fsp3) is 0.167. The number of halogens is 1. The van der Waals surface area contributed by atoms with Crippen molar-refractivity contribution >= 4 is 34.0 Å². The molecule has 0 saturated heterocycles. The Balaban J connectivity index is 2.63. The number of carbonyl (C=O) groups excluding carboxylic acids is 1. The summed E-state index contributed by atoms with van der Waals surface area (Å²) >= 11 is 5.89. The molecule has 1 aromatic carbocycles. The van der Waals surface area contributed by atoms with Crippen molar-refractivity contribution in [2.24, 2.45) is 0 Å². The highest BCUT2D eigenvalue weighted by Crippen LogP contribution is 2.62. The van der Waals surface area contributed by atoms with Crippen LogP contribution >= 0.6 is 22.4 Å². The first-order valence-corrected chi connectivity index (χ1v) is 7.72. The van der Waals surface area contributed by atoms with Crippen LogP contribution in [-0.2, 0) is 0 Å². The summed E-state index contributed by atoms with van der Waals surface area (Å²) in [7, 11) is -3.90. The second-order valence-corrected chi connectivity index (χ2v) is 6.80. The minimum absolute atomic E-state index is 0.102. The Kier molecular flexibility index (Phi) is 4.12. The van der Waals surface area contributed by atoms with E-state index in [2.05, 4.69) is 0 Å². The smallest absolute Gasteiger partial charge is 0.277 e. The molecule has 0 atom stereocenters. The molecule has 116 valence electrons. The highest BCUT2D eigenvalue weighted by atomic mass is 35.5. The lowest BCUT2D eigenvalue weighted by atomic mass is 10.1. The lowest BCUT2D eigenvalue weighted by Crippen LogP contribution is -2.29. The number of nitriles is 1. The Morgan fingerprint density at radius 2 is 2.23 bits per heavy atom. The van der Waals surface area contributed by atoms with E-state index in [9.17, 15) is 24.0 Å². The van der Waals surface area contributed by atoms with Gasteiger partial charge in [0.2, 0.25) is 0 Å². The van der Waals surface area contributed by atoms with Crippen LogP contribution in [0.15, 0.2) is 28.7 Å². The van der Waals surface area contributed by atoms with Crippen LogP contribution in [0.1, 0.15) is 17.3 Å². The number of nitro benzene ring substituents is 1. The van der Waals surface area contributed by atoms with Gasteiger partial charge in [-0.1, -0.05) is 22.4 Å². The van der Waals surface area contributed by atoms with Gasteiger partial charge < -0.3 is 0 Å². The predicted molar refractivity (Wildman–Crippen MR) is 79.6 cm³/mol. The van der Waals surface area contributed by atoms with Gasteiger partial charge in [0.05, 0.1) is 28.1 Å². The molecule has 1 heterocycles. The number of benzene rings is 1. The average Bonchev–Trinajstić information content (AvgIpc) is 2.61. The predicted octanol–water partition coefficient (Wildman–Crippen LogP) is 3.20. The van der Waals surface area contributed by atoms with Crippen molar-refractivity contribution in [2.45, 2.75) is 11.8 Å². The molecule has 1 amide bonds. The molecule has 2 rings (SSSR count). The number of rotatable bonds is 3. The average molecular weight is 344 g/mol. The van der Waals surface area contributed by atoms with Crippen molar-refractivity contribution in [3.63, 3.8) is 0 Å². The van der Waals surface area contributed by atoms with Gasteiger partial charge in [0.15, 0.2) is 4.90 Å². The molecule has 2 N–H and O–H groups in total. The minimum atomic E-state index is -3.90. The Bertz CT molecular complexity index is 756. The summed E-state index contributed by atoms with van der Waals surface area (Å²) in [5.41, 5.74) is -0.486. The fourth-order valence-electron chi connectivity index (χ4n) is 2.06. The molecule has 8 nitrogen and oxygen atoms in total. The third-order valence-electron chi connectivity index (χ3n) is 3.01. The third-order valence-corrected chi connectivity index (χ3v) is 5.19. The summed E-state index contributed by atoms with van der Waals surface area (Å²) in [5.74, 6) is -0.825. The van der Waals surface area contributed by atoms with Crippen LogP contribution in [-0.4, -0.2) is 30.8 Å². The van der Waals surface area contributed by atoms with E-state index in [-0.39, 0.29) is 17.1 Å². The van der Waals surface area contributed by atoms with Crippen molar-refractivity contribution in [3.05, 3.63) is 44.5 Å². The number of nitrogens with zero attached hydrogens (tertiary/aromatic N) is 3. The third kappa shape index (κ3) is 2.42. The molecule has 0 fully saturated rings. The second-order valence-electron chi connectivity index (χ2n) is 4.51. The van der Waals surface area contributed by atoms with Crippen LogP contribution in [0.3, 0.4) is 0 Å². The van der Waals surface area contributed by atoms with Crippen LogP contribution in [0.4, 0.5) is 5.69 Å². The van der Waals surface area contributed by atoms with E-state index < -0.39 is 32.2 Å². The molecule has 22 heavy (non-hydrogen) atoms. The van der Waals surface area contributed by atoms with E-state index in [1.54, 1.807) is 6.07 Å². The first-order chi connectivity index (χ1) is 10.2. The van der Waals surface area contributed by atoms with Crippen LogP contribution in [0.2, 0.25) is 5.02 Å². The number of nitro groups is 1. The quantitative estimate of drug-likeness (QED) is 0.492. The van der Waals surface area contributed by atoms with Gasteiger partial charge in [-0.2, -0.15) is 5.26 Å². The number of hydrogen-bond acceptors (Lipinski definition) is 6. The Hall–Kier alpha value is -2.12. The Morgan fingerprint density at radius 3 is 2.77 bits per heavy atom. The van der Waals surface area contributed by atoms with Gasteiger partial charge in [-0.05, 0) is 18.6 Å². The van der Waals surface area contributed by atoms with Crippen molar-refractivity contribution in [1.82, 2.24) is 4.31 Å². The SMILES string of the molecule is CC(=CC#N)CN1C(=O)c2c(Cl)ccc([N+](=O)[O-])c2S1(O)O. The van der Waals surface area contributed by atoms with Gasteiger partial charge in [0, 0.05) is 12.1 Å². The highest BCUT2D eigenvalue weighted by molar-refractivity contribution is 8.23. The van der Waals surface area contributed by atoms with E-state index in [0.717, 1.165) is 18.2 Å². The number of allylic oxidation sites excluding steroid dienone is 1. The molecule has 0 bridgehead atoms. The first kappa shape index (κ1) is 16.3. The van der Waals surface area contributed by atoms with Gasteiger partial charge >= 0.3 is 0 Å². The lowest BCUT2D eigenvalue weighted by molar-refractivity contribution is -0.387. The topological polar surface area (TPSA) is 128 Å². The highest BCUT2D eigenvalue weighted by Gasteiger charge is 2.47. The fourth-order valence-corrected chi connectivity index (χ4v) is 4.18. The number of hydrogen-bond donors (Lipinski definition) is 2. The summed E-state index contributed by atoms with van der Waals surface area (Å²) in [6.45, 7) is 1.27. The van der Waals surface area contributed by atoms with Crippen molar-refractivity contribution in [1.29, 1.82) is 5.26 Å². The van der Waals surface area contributed by atoms with E-state index in [4.69, 9.17) is 16.9 Å². The molecule has 1 aromatic rings. The molecule has 1 aliphatic heterocycles. The Morgan fingerprint density at radius 1 is 1.59 bits per heavy atom. The van der Waals surface area contributed by atoms with Gasteiger partial charge in [0.1, 0.15) is 0 Å². The van der Waals surface area contributed by atoms with Gasteiger partial charge in [-0.3, -0.25) is 24.0 Å². The standard InChI is InChI=1S/C12H10ClN3O5S/c1-7(4-5-14)6-15-12(17)10-8(13)2-3-9(16(18)19)11(10)22(15,20)21/h2-4,20-21H,6H2,1H3. The summed E-state index contributed by atoms with van der Waals surface area (Å²) in [6.07, 6.45) is 1.14. The summed E-state index contributed by atoms with van der Waals surface area (Å²) < 4.78 is 21.3. The maximum atomic E-state index is 12.4.